The molecule has 2 aromatic rings. The molecule has 1 aromatic carbocycles. The van der Waals surface area contributed by atoms with Crippen molar-refractivity contribution in [1.82, 2.24) is 4.90 Å². The summed E-state index contributed by atoms with van der Waals surface area (Å²) >= 11 is 3.32. The molecule has 1 amide bonds. The maximum absolute atomic E-state index is 13.4. The minimum atomic E-state index is -0.411. The Bertz CT molecular complexity index is 679. The van der Waals surface area contributed by atoms with Crippen LogP contribution in [0.5, 0.6) is 0 Å². The summed E-state index contributed by atoms with van der Waals surface area (Å²) in [5, 5.41) is 0. The lowest BCUT2D eigenvalue weighted by atomic mass is 10.2. The van der Waals surface area contributed by atoms with E-state index in [0.29, 0.717) is 16.6 Å². The predicted molar refractivity (Wildman–Crippen MR) is 80.4 cm³/mol. The predicted octanol–water partition coefficient (Wildman–Crippen LogP) is 4.29. The Kier molecular flexibility index (Phi) is 3.85. The van der Waals surface area contributed by atoms with Crippen LogP contribution in [0.3, 0.4) is 0 Å². The van der Waals surface area contributed by atoms with Gasteiger partial charge in [0.1, 0.15) is 17.3 Å². The Morgan fingerprint density at radius 3 is 2.76 bits per heavy atom. The Hall–Kier alpha value is -1.62. The van der Waals surface area contributed by atoms with Gasteiger partial charge in [0.2, 0.25) is 0 Å². The van der Waals surface area contributed by atoms with Gasteiger partial charge in [0.25, 0.3) is 5.91 Å². The van der Waals surface area contributed by atoms with Crippen LogP contribution in [0.1, 0.15) is 34.7 Å². The van der Waals surface area contributed by atoms with Crippen LogP contribution < -0.4 is 0 Å². The number of nitrogens with zero attached hydrogens (tertiary/aromatic N) is 1. The lowest BCUT2D eigenvalue weighted by Crippen LogP contribution is -2.32. The van der Waals surface area contributed by atoms with Crippen molar-refractivity contribution in [3.05, 3.63) is 57.7 Å². The number of carbonyl (C=O) groups excluding carboxylic acids is 1. The summed E-state index contributed by atoms with van der Waals surface area (Å²) in [7, 11) is 0. The lowest BCUT2D eigenvalue weighted by Gasteiger charge is -2.22. The van der Waals surface area contributed by atoms with E-state index < -0.39 is 5.82 Å². The molecule has 5 heteroatoms. The second-order valence-corrected chi connectivity index (χ2v) is 6.16. The number of carbonyl (C=O) groups is 1. The first kappa shape index (κ1) is 14.3. The number of hydrogen-bond donors (Lipinski definition) is 0. The van der Waals surface area contributed by atoms with Crippen molar-refractivity contribution >= 4 is 21.8 Å². The average Bonchev–Trinajstić information content (AvgIpc) is 3.21. The molecule has 1 aliphatic rings. The van der Waals surface area contributed by atoms with Crippen LogP contribution in [0.4, 0.5) is 4.39 Å². The van der Waals surface area contributed by atoms with E-state index in [9.17, 15) is 9.18 Å². The first-order valence-electron chi connectivity index (χ1n) is 6.86. The molecule has 0 radical (unpaired) electrons. The van der Waals surface area contributed by atoms with Crippen LogP contribution in [0.15, 0.2) is 39.2 Å². The van der Waals surface area contributed by atoms with Gasteiger partial charge in [-0.05, 0) is 66.0 Å². The number of hydrogen-bond acceptors (Lipinski definition) is 2. The van der Waals surface area contributed by atoms with E-state index >= 15 is 0 Å². The van der Waals surface area contributed by atoms with Gasteiger partial charge in [-0.15, -0.1) is 0 Å². The molecule has 1 heterocycles. The number of benzene rings is 1. The van der Waals surface area contributed by atoms with Crippen LogP contribution in [0, 0.1) is 12.7 Å². The molecule has 0 unspecified atom stereocenters. The molecule has 1 saturated carbocycles. The highest BCUT2D eigenvalue weighted by Crippen LogP contribution is 2.31. The van der Waals surface area contributed by atoms with E-state index in [-0.39, 0.29) is 11.9 Å². The first-order chi connectivity index (χ1) is 10.0. The van der Waals surface area contributed by atoms with Gasteiger partial charge < -0.3 is 9.32 Å². The minimum absolute atomic E-state index is 0.169. The quantitative estimate of drug-likeness (QED) is 0.822. The molecular formula is C16H15BrFNO2. The average molecular weight is 352 g/mol. The molecule has 110 valence electrons. The van der Waals surface area contributed by atoms with Crippen LogP contribution in [-0.4, -0.2) is 16.8 Å². The summed E-state index contributed by atoms with van der Waals surface area (Å²) in [6, 6.07) is 8.14. The summed E-state index contributed by atoms with van der Waals surface area (Å²) in [5.74, 6) is 0.990. The number of rotatable bonds is 4. The lowest BCUT2D eigenvalue weighted by molar-refractivity contribution is 0.0715. The highest BCUT2D eigenvalue weighted by molar-refractivity contribution is 9.10. The van der Waals surface area contributed by atoms with E-state index in [1.165, 1.54) is 12.1 Å². The van der Waals surface area contributed by atoms with Gasteiger partial charge in [-0.25, -0.2) is 4.39 Å². The van der Waals surface area contributed by atoms with Crippen molar-refractivity contribution in [2.75, 3.05) is 0 Å². The van der Waals surface area contributed by atoms with Gasteiger partial charge in [-0.3, -0.25) is 4.79 Å². The summed E-state index contributed by atoms with van der Waals surface area (Å²) in [4.78, 5) is 14.5. The number of aryl methyl sites for hydroxylation is 1. The third-order valence-corrected chi connectivity index (χ3v) is 4.22. The molecule has 3 rings (SSSR count). The summed E-state index contributed by atoms with van der Waals surface area (Å²) in [6.45, 7) is 2.29. The molecule has 0 N–H and O–H groups in total. The van der Waals surface area contributed by atoms with Crippen LogP contribution >= 0.6 is 15.9 Å². The fraction of sp³-hybridized carbons (Fsp3) is 0.312. The Balaban J connectivity index is 1.86. The monoisotopic (exact) mass is 351 g/mol. The third kappa shape index (κ3) is 3.18. The van der Waals surface area contributed by atoms with Crippen molar-refractivity contribution < 1.29 is 13.6 Å². The molecule has 0 saturated heterocycles. The zero-order valence-corrected chi connectivity index (χ0v) is 13.2. The van der Waals surface area contributed by atoms with E-state index in [4.69, 9.17) is 4.42 Å². The van der Waals surface area contributed by atoms with Crippen LogP contribution in [0.25, 0.3) is 0 Å². The molecule has 1 fully saturated rings. The second kappa shape index (κ2) is 5.64. The van der Waals surface area contributed by atoms with E-state index in [1.54, 1.807) is 11.0 Å². The largest absolute Gasteiger partial charge is 0.464 e. The maximum Gasteiger partial charge on any atom is 0.255 e. The van der Waals surface area contributed by atoms with E-state index in [2.05, 4.69) is 15.9 Å². The number of halogens is 2. The molecule has 0 atom stereocenters. The minimum Gasteiger partial charge on any atom is -0.464 e. The van der Waals surface area contributed by atoms with Crippen molar-refractivity contribution in [2.45, 2.75) is 32.4 Å². The molecule has 3 nitrogen and oxygen atoms in total. The SMILES string of the molecule is Cc1ccc(CN(C(=O)c2cc(F)ccc2Br)C2CC2)o1. The smallest absolute Gasteiger partial charge is 0.255 e. The molecular weight excluding hydrogens is 337 g/mol. The van der Waals surface area contributed by atoms with E-state index in [1.807, 2.05) is 19.1 Å². The highest BCUT2D eigenvalue weighted by Gasteiger charge is 2.34. The van der Waals surface area contributed by atoms with Crippen LogP contribution in [-0.2, 0) is 6.54 Å². The summed E-state index contributed by atoms with van der Waals surface area (Å²) in [6.07, 6.45) is 1.97. The summed E-state index contributed by atoms with van der Waals surface area (Å²) in [5.41, 5.74) is 0.352. The molecule has 21 heavy (non-hydrogen) atoms. The molecule has 0 aliphatic heterocycles. The van der Waals surface area contributed by atoms with Gasteiger partial charge >= 0.3 is 0 Å². The molecule has 1 aliphatic carbocycles. The van der Waals surface area contributed by atoms with Gasteiger partial charge in [0, 0.05) is 10.5 Å². The standard InChI is InChI=1S/C16H15BrFNO2/c1-10-2-6-13(21-10)9-19(12-4-5-12)16(20)14-8-11(18)3-7-15(14)17/h2-3,6-8,12H,4-5,9H2,1H3. The van der Waals surface area contributed by atoms with Gasteiger partial charge in [-0.2, -0.15) is 0 Å². The van der Waals surface area contributed by atoms with Gasteiger partial charge in [-0.1, -0.05) is 0 Å². The molecule has 1 aromatic heterocycles. The summed E-state index contributed by atoms with van der Waals surface area (Å²) < 4.78 is 19.6. The van der Waals surface area contributed by atoms with Crippen molar-refractivity contribution in [2.24, 2.45) is 0 Å². The van der Waals surface area contributed by atoms with Crippen molar-refractivity contribution in [3.8, 4) is 0 Å². The maximum atomic E-state index is 13.4. The molecule has 0 bridgehead atoms. The zero-order valence-electron chi connectivity index (χ0n) is 11.6. The van der Waals surface area contributed by atoms with Crippen LogP contribution in [0.2, 0.25) is 0 Å². The second-order valence-electron chi connectivity index (χ2n) is 5.30. The fourth-order valence-electron chi connectivity index (χ4n) is 2.31. The van der Waals surface area contributed by atoms with E-state index in [0.717, 1.165) is 24.4 Å². The normalized spacial score (nSPS) is 14.2. The fourth-order valence-corrected chi connectivity index (χ4v) is 2.72. The Morgan fingerprint density at radius 1 is 1.38 bits per heavy atom. The van der Waals surface area contributed by atoms with Gasteiger partial charge in [0.05, 0.1) is 12.1 Å². The highest BCUT2D eigenvalue weighted by atomic mass is 79.9. The Morgan fingerprint density at radius 2 is 2.14 bits per heavy atom. The van der Waals surface area contributed by atoms with Crippen molar-refractivity contribution in [3.63, 3.8) is 0 Å². The zero-order chi connectivity index (χ0) is 15.0. The first-order valence-corrected chi connectivity index (χ1v) is 7.65. The number of amides is 1. The molecule has 0 spiro atoms. The number of furan rings is 1. The van der Waals surface area contributed by atoms with Gasteiger partial charge in [0.15, 0.2) is 0 Å². The van der Waals surface area contributed by atoms with Crippen molar-refractivity contribution in [1.29, 1.82) is 0 Å². The topological polar surface area (TPSA) is 33.5 Å². The third-order valence-electron chi connectivity index (χ3n) is 3.53. The Labute approximate surface area is 130 Å².